The second kappa shape index (κ2) is 7.11. The molecule has 0 unspecified atom stereocenters. The summed E-state index contributed by atoms with van der Waals surface area (Å²) in [6.45, 7) is 0.686. The molecule has 124 valence electrons. The summed E-state index contributed by atoms with van der Waals surface area (Å²) in [7, 11) is 0. The second-order valence-corrected chi connectivity index (χ2v) is 6.88. The van der Waals surface area contributed by atoms with Gasteiger partial charge in [-0.05, 0) is 42.0 Å². The summed E-state index contributed by atoms with van der Waals surface area (Å²) in [6, 6.07) is 25.2. The number of hydrogen-bond acceptors (Lipinski definition) is 2. The van der Waals surface area contributed by atoms with Gasteiger partial charge in [0.05, 0.1) is 16.8 Å². The molecule has 4 aromatic rings. The van der Waals surface area contributed by atoms with E-state index in [2.05, 4.69) is 22.8 Å². The van der Waals surface area contributed by atoms with Crippen molar-refractivity contribution >= 4 is 22.8 Å². The van der Waals surface area contributed by atoms with Gasteiger partial charge >= 0.3 is 0 Å². The zero-order chi connectivity index (χ0) is 17.1. The number of para-hydroxylation sites is 2. The van der Waals surface area contributed by atoms with Gasteiger partial charge < -0.3 is 4.57 Å². The Bertz CT molecular complexity index is 978. The maximum Gasteiger partial charge on any atom is 0.123 e. The molecule has 3 aromatic carbocycles. The van der Waals surface area contributed by atoms with Gasteiger partial charge in [0, 0.05) is 11.4 Å². The molecule has 0 amide bonds. The van der Waals surface area contributed by atoms with Gasteiger partial charge in [0.15, 0.2) is 0 Å². The first kappa shape index (κ1) is 15.9. The van der Waals surface area contributed by atoms with Gasteiger partial charge in [0.2, 0.25) is 0 Å². The fourth-order valence-corrected chi connectivity index (χ4v) is 3.71. The number of hydrogen-bond donors (Lipinski definition) is 0. The number of thioether (sulfide) groups is 1. The molecular weight excluding hydrogens is 331 g/mol. The van der Waals surface area contributed by atoms with Gasteiger partial charge in [0.1, 0.15) is 11.6 Å². The lowest BCUT2D eigenvalue weighted by molar-refractivity contribution is 0.626. The molecule has 0 aliphatic carbocycles. The standard InChI is InChI=1S/C21H17FN2S/c22-17-12-10-16(11-13-17)14-24-20-9-5-4-8-19(20)23-21(24)15-25-18-6-2-1-3-7-18/h1-13H,14-15H2. The van der Waals surface area contributed by atoms with Crippen molar-refractivity contribution in [2.45, 2.75) is 17.2 Å². The monoisotopic (exact) mass is 348 g/mol. The van der Waals surface area contributed by atoms with E-state index in [0.717, 1.165) is 28.2 Å². The highest BCUT2D eigenvalue weighted by Gasteiger charge is 2.11. The van der Waals surface area contributed by atoms with Crippen molar-refractivity contribution in [1.29, 1.82) is 0 Å². The molecule has 1 heterocycles. The quantitative estimate of drug-likeness (QED) is 0.442. The molecule has 4 heteroatoms. The molecule has 4 rings (SSSR count). The number of imidazole rings is 1. The van der Waals surface area contributed by atoms with Gasteiger partial charge in [-0.15, -0.1) is 11.8 Å². The molecule has 0 saturated carbocycles. The van der Waals surface area contributed by atoms with Crippen LogP contribution in [0.5, 0.6) is 0 Å². The van der Waals surface area contributed by atoms with Gasteiger partial charge in [-0.3, -0.25) is 0 Å². The van der Waals surface area contributed by atoms with E-state index in [1.807, 2.05) is 48.5 Å². The largest absolute Gasteiger partial charge is 0.323 e. The molecule has 25 heavy (non-hydrogen) atoms. The molecule has 0 aliphatic rings. The van der Waals surface area contributed by atoms with E-state index in [0.29, 0.717) is 6.54 Å². The first-order valence-electron chi connectivity index (χ1n) is 8.16. The van der Waals surface area contributed by atoms with E-state index in [4.69, 9.17) is 4.98 Å². The normalized spacial score (nSPS) is 11.1. The van der Waals surface area contributed by atoms with Gasteiger partial charge in [-0.25, -0.2) is 9.37 Å². The first-order chi connectivity index (χ1) is 12.3. The van der Waals surface area contributed by atoms with Crippen molar-refractivity contribution in [3.8, 4) is 0 Å². The lowest BCUT2D eigenvalue weighted by Crippen LogP contribution is -2.04. The number of aromatic nitrogens is 2. The SMILES string of the molecule is Fc1ccc(Cn2c(CSc3ccccc3)nc3ccccc32)cc1. The van der Waals surface area contributed by atoms with Crippen LogP contribution in [0.25, 0.3) is 11.0 Å². The third-order valence-corrected chi connectivity index (χ3v) is 5.11. The number of rotatable bonds is 5. The lowest BCUT2D eigenvalue weighted by Gasteiger charge is -2.09. The van der Waals surface area contributed by atoms with E-state index in [1.54, 1.807) is 11.8 Å². The molecule has 0 aliphatic heterocycles. The Balaban J connectivity index is 1.66. The molecule has 1 aromatic heterocycles. The molecule has 0 atom stereocenters. The van der Waals surface area contributed by atoms with Crippen molar-refractivity contribution in [3.05, 3.63) is 96.1 Å². The highest BCUT2D eigenvalue weighted by atomic mass is 32.2. The van der Waals surface area contributed by atoms with E-state index in [-0.39, 0.29) is 5.82 Å². The summed E-state index contributed by atoms with van der Waals surface area (Å²) in [5.41, 5.74) is 3.17. The number of benzene rings is 3. The van der Waals surface area contributed by atoms with Crippen molar-refractivity contribution in [3.63, 3.8) is 0 Å². The van der Waals surface area contributed by atoms with E-state index in [1.165, 1.54) is 17.0 Å². The van der Waals surface area contributed by atoms with Crippen LogP contribution in [0, 0.1) is 5.82 Å². The third kappa shape index (κ3) is 3.59. The molecule has 0 saturated heterocycles. The fraction of sp³-hybridized carbons (Fsp3) is 0.0952. The first-order valence-corrected chi connectivity index (χ1v) is 9.14. The topological polar surface area (TPSA) is 17.8 Å². The lowest BCUT2D eigenvalue weighted by atomic mass is 10.2. The predicted molar refractivity (Wildman–Crippen MR) is 101 cm³/mol. The highest BCUT2D eigenvalue weighted by Crippen LogP contribution is 2.25. The number of nitrogens with zero attached hydrogens (tertiary/aromatic N) is 2. The van der Waals surface area contributed by atoms with Crippen LogP contribution in [0.4, 0.5) is 4.39 Å². The van der Waals surface area contributed by atoms with Crippen LogP contribution >= 0.6 is 11.8 Å². The Morgan fingerprint density at radius 2 is 1.56 bits per heavy atom. The van der Waals surface area contributed by atoms with Crippen LogP contribution in [-0.2, 0) is 12.3 Å². The van der Waals surface area contributed by atoms with Crippen LogP contribution in [0.3, 0.4) is 0 Å². The average molecular weight is 348 g/mol. The van der Waals surface area contributed by atoms with Crippen LogP contribution in [0.2, 0.25) is 0 Å². The van der Waals surface area contributed by atoms with Gasteiger partial charge in [-0.1, -0.05) is 42.5 Å². The zero-order valence-electron chi connectivity index (χ0n) is 13.6. The summed E-state index contributed by atoms with van der Waals surface area (Å²) < 4.78 is 15.4. The van der Waals surface area contributed by atoms with Crippen LogP contribution < -0.4 is 0 Å². The predicted octanol–water partition coefficient (Wildman–Crippen LogP) is 5.52. The van der Waals surface area contributed by atoms with E-state index in [9.17, 15) is 4.39 Å². The van der Waals surface area contributed by atoms with E-state index >= 15 is 0 Å². The number of fused-ring (bicyclic) bond motifs is 1. The van der Waals surface area contributed by atoms with Gasteiger partial charge in [-0.2, -0.15) is 0 Å². The maximum absolute atomic E-state index is 13.2. The van der Waals surface area contributed by atoms with Crippen LogP contribution in [0.15, 0.2) is 83.8 Å². The molecule has 0 bridgehead atoms. The Morgan fingerprint density at radius 1 is 0.840 bits per heavy atom. The molecule has 0 N–H and O–H groups in total. The smallest absolute Gasteiger partial charge is 0.123 e. The molecule has 0 fully saturated rings. The van der Waals surface area contributed by atoms with Crippen molar-refractivity contribution in [2.75, 3.05) is 0 Å². The molecule has 0 spiro atoms. The van der Waals surface area contributed by atoms with Crippen molar-refractivity contribution in [2.24, 2.45) is 0 Å². The van der Waals surface area contributed by atoms with Crippen molar-refractivity contribution < 1.29 is 4.39 Å². The Hall–Kier alpha value is -2.59. The Kier molecular flexibility index (Phi) is 4.53. The minimum absolute atomic E-state index is 0.209. The highest BCUT2D eigenvalue weighted by molar-refractivity contribution is 7.98. The minimum Gasteiger partial charge on any atom is -0.323 e. The van der Waals surface area contributed by atoms with Gasteiger partial charge in [0.25, 0.3) is 0 Å². The maximum atomic E-state index is 13.2. The fourth-order valence-electron chi connectivity index (χ4n) is 2.85. The van der Waals surface area contributed by atoms with Crippen LogP contribution in [0.1, 0.15) is 11.4 Å². The summed E-state index contributed by atoms with van der Waals surface area (Å²) in [4.78, 5) is 6.03. The second-order valence-electron chi connectivity index (χ2n) is 5.83. The van der Waals surface area contributed by atoms with Crippen LogP contribution in [-0.4, -0.2) is 9.55 Å². The molecule has 0 radical (unpaired) electrons. The molecular formula is C21H17FN2S. The molecule has 2 nitrogen and oxygen atoms in total. The van der Waals surface area contributed by atoms with E-state index < -0.39 is 0 Å². The Labute approximate surface area is 150 Å². The summed E-state index contributed by atoms with van der Waals surface area (Å²) >= 11 is 1.77. The third-order valence-electron chi connectivity index (χ3n) is 4.10. The number of halogens is 1. The minimum atomic E-state index is -0.209. The van der Waals surface area contributed by atoms with Crippen molar-refractivity contribution in [1.82, 2.24) is 9.55 Å². The summed E-state index contributed by atoms with van der Waals surface area (Å²) in [5.74, 6) is 1.61. The average Bonchev–Trinajstić information content (AvgIpc) is 3.00. The summed E-state index contributed by atoms with van der Waals surface area (Å²) in [6.07, 6.45) is 0. The Morgan fingerprint density at radius 3 is 2.36 bits per heavy atom. The zero-order valence-corrected chi connectivity index (χ0v) is 14.4. The summed E-state index contributed by atoms with van der Waals surface area (Å²) in [5, 5.41) is 0.